The molecule has 0 unspecified atom stereocenters. The summed E-state index contributed by atoms with van der Waals surface area (Å²) >= 11 is 0. The van der Waals surface area contributed by atoms with Crippen molar-refractivity contribution in [1.82, 2.24) is 10.2 Å². The number of carbonyl (C=O) groups excluding carboxylic acids is 1. The van der Waals surface area contributed by atoms with Crippen LogP contribution in [0.3, 0.4) is 0 Å². The van der Waals surface area contributed by atoms with E-state index in [1.807, 2.05) is 105 Å². The maximum absolute atomic E-state index is 12.3. The van der Waals surface area contributed by atoms with Crippen molar-refractivity contribution in [2.75, 3.05) is 13.6 Å². The fourth-order valence-corrected chi connectivity index (χ4v) is 6.27. The Kier molecular flexibility index (Phi) is 13.3. The van der Waals surface area contributed by atoms with E-state index in [4.69, 9.17) is 14.6 Å². The molecule has 5 atom stereocenters. The van der Waals surface area contributed by atoms with Crippen molar-refractivity contribution in [3.05, 3.63) is 131 Å². The zero-order valence-electron chi connectivity index (χ0n) is 28.8. The first-order valence-corrected chi connectivity index (χ1v) is 17.3. The van der Waals surface area contributed by atoms with Crippen LogP contribution in [0.2, 0.25) is 0 Å². The highest BCUT2D eigenvalue weighted by atomic mass is 16.7. The molecule has 4 N–H and O–H groups in total. The highest BCUT2D eigenvalue weighted by molar-refractivity contribution is 5.76. The Balaban J connectivity index is 1.30. The van der Waals surface area contributed by atoms with Gasteiger partial charge in [0.25, 0.3) is 0 Å². The van der Waals surface area contributed by atoms with Crippen LogP contribution >= 0.6 is 0 Å². The Morgan fingerprint density at radius 3 is 2.26 bits per heavy atom. The Morgan fingerprint density at radius 1 is 0.840 bits per heavy atom. The van der Waals surface area contributed by atoms with E-state index in [-0.39, 0.29) is 37.2 Å². The van der Waals surface area contributed by atoms with Gasteiger partial charge in [-0.1, -0.05) is 91.0 Å². The number of hydrogen-bond donors (Lipinski definition) is 4. The van der Waals surface area contributed by atoms with Crippen LogP contribution in [-0.2, 0) is 32.2 Å². The number of carbonyl (C=O) groups is 2. The number of amides is 1. The van der Waals surface area contributed by atoms with Gasteiger partial charge in [0.05, 0.1) is 24.9 Å². The smallest absolute Gasteiger partial charge is 0.303 e. The number of likely N-dealkylation sites (N-methyl/N-ethyl adjacent to an activating group) is 1. The van der Waals surface area contributed by atoms with Gasteiger partial charge in [-0.05, 0) is 72.3 Å². The van der Waals surface area contributed by atoms with E-state index in [1.165, 1.54) is 0 Å². The van der Waals surface area contributed by atoms with E-state index >= 15 is 0 Å². The summed E-state index contributed by atoms with van der Waals surface area (Å²) in [5.41, 5.74) is 6.53. The van der Waals surface area contributed by atoms with Crippen LogP contribution in [0.25, 0.3) is 11.1 Å². The first kappa shape index (κ1) is 36.9. The van der Waals surface area contributed by atoms with E-state index in [1.54, 1.807) is 0 Å². The summed E-state index contributed by atoms with van der Waals surface area (Å²) < 4.78 is 13.3. The van der Waals surface area contributed by atoms with Crippen molar-refractivity contribution in [2.45, 2.75) is 82.8 Å². The van der Waals surface area contributed by atoms with Crippen LogP contribution < -0.4 is 5.32 Å². The maximum atomic E-state index is 12.3. The molecule has 0 saturated carbocycles. The molecule has 0 aromatic heterocycles. The molecule has 5 rings (SSSR count). The van der Waals surface area contributed by atoms with Crippen molar-refractivity contribution in [3.63, 3.8) is 0 Å². The van der Waals surface area contributed by atoms with Crippen LogP contribution in [-0.4, -0.2) is 57.8 Å². The van der Waals surface area contributed by atoms with Gasteiger partial charge in [-0.3, -0.25) is 14.5 Å². The molecule has 1 aliphatic rings. The molecule has 0 aliphatic carbocycles. The predicted molar refractivity (Wildman–Crippen MR) is 192 cm³/mol. The van der Waals surface area contributed by atoms with Gasteiger partial charge in [0.2, 0.25) is 5.91 Å². The third kappa shape index (κ3) is 10.3. The van der Waals surface area contributed by atoms with Gasteiger partial charge >= 0.3 is 5.97 Å². The van der Waals surface area contributed by atoms with Crippen LogP contribution in [0.15, 0.2) is 103 Å². The lowest BCUT2D eigenvalue weighted by Crippen LogP contribution is -2.43. The highest BCUT2D eigenvalue weighted by Gasteiger charge is 2.34. The molecular formula is C41H48N2O7. The largest absolute Gasteiger partial charge is 0.481 e. The minimum absolute atomic E-state index is 0.0262. The summed E-state index contributed by atoms with van der Waals surface area (Å²) in [7, 11) is 2.01. The van der Waals surface area contributed by atoms with E-state index in [0.29, 0.717) is 38.8 Å². The molecule has 4 aromatic rings. The van der Waals surface area contributed by atoms with E-state index in [0.717, 1.165) is 38.9 Å². The SMILES string of the molecule is C[C@@H]([C@H](O)c1ccccc1)N(C)C[C@H]1C[C@@H](c2ccc(CO)cc2)O[C@@H](c2cccc(-c3cccc(CNC(=O)CCCCC(=O)O)c3)c2)O1. The van der Waals surface area contributed by atoms with Crippen LogP contribution in [0.1, 0.15) is 85.3 Å². The second kappa shape index (κ2) is 18.0. The van der Waals surface area contributed by atoms with Gasteiger partial charge in [0, 0.05) is 44.0 Å². The van der Waals surface area contributed by atoms with E-state index in [9.17, 15) is 19.8 Å². The highest BCUT2D eigenvalue weighted by Crippen LogP contribution is 2.39. The lowest BCUT2D eigenvalue weighted by atomic mass is 9.97. The lowest BCUT2D eigenvalue weighted by Gasteiger charge is -2.39. The van der Waals surface area contributed by atoms with Crippen LogP contribution in [0.4, 0.5) is 0 Å². The predicted octanol–water partition coefficient (Wildman–Crippen LogP) is 6.71. The van der Waals surface area contributed by atoms with Gasteiger partial charge in [-0.2, -0.15) is 0 Å². The number of aliphatic hydroxyl groups excluding tert-OH is 2. The Morgan fingerprint density at radius 2 is 1.54 bits per heavy atom. The van der Waals surface area contributed by atoms with Gasteiger partial charge in [-0.25, -0.2) is 0 Å². The number of aliphatic hydroxyl groups is 2. The molecule has 0 radical (unpaired) electrons. The van der Waals surface area contributed by atoms with Crippen LogP contribution in [0, 0.1) is 0 Å². The topological polar surface area (TPSA) is 129 Å². The number of carboxylic acid groups (broad SMARTS) is 1. The fourth-order valence-electron chi connectivity index (χ4n) is 6.27. The van der Waals surface area contributed by atoms with Crippen molar-refractivity contribution >= 4 is 11.9 Å². The number of ether oxygens (including phenoxy) is 2. The standard InChI is InChI=1S/C41H48N2O7/c1-28(40(48)32-11-4-3-5-12-32)43(2)26-36-24-37(31-20-18-29(27-44)19-21-31)50-41(49-36)35-15-9-14-34(23-35)33-13-8-10-30(22-33)25-42-38(45)16-6-7-17-39(46)47/h3-5,8-15,18-23,28,36-37,40-41,44,48H,6-7,16-17,24-27H2,1-2H3,(H,42,45)(H,46,47)/t28-,36+,37-,40-,41-/m0/s1. The molecule has 50 heavy (non-hydrogen) atoms. The van der Waals surface area contributed by atoms with E-state index < -0.39 is 18.4 Å². The maximum Gasteiger partial charge on any atom is 0.303 e. The molecule has 9 heteroatoms. The molecular weight excluding hydrogens is 632 g/mol. The molecule has 264 valence electrons. The summed E-state index contributed by atoms with van der Waals surface area (Å²) in [5.74, 6) is -0.947. The zero-order valence-corrected chi connectivity index (χ0v) is 28.8. The fraction of sp³-hybridized carbons (Fsp3) is 0.366. The normalized spacial score (nSPS) is 18.8. The first-order chi connectivity index (χ1) is 24.2. The molecule has 1 aliphatic heterocycles. The second-order valence-corrected chi connectivity index (χ2v) is 13.1. The molecule has 1 heterocycles. The molecule has 1 amide bonds. The van der Waals surface area contributed by atoms with Crippen molar-refractivity contribution in [3.8, 4) is 11.1 Å². The number of benzene rings is 4. The van der Waals surface area contributed by atoms with Gasteiger partial charge in [0.15, 0.2) is 6.29 Å². The van der Waals surface area contributed by atoms with Gasteiger partial charge in [0.1, 0.15) is 0 Å². The summed E-state index contributed by atoms with van der Waals surface area (Å²) in [4.78, 5) is 25.2. The average molecular weight is 681 g/mol. The Labute approximate surface area is 294 Å². The third-order valence-corrected chi connectivity index (χ3v) is 9.35. The quantitative estimate of drug-likeness (QED) is 0.0963. The minimum atomic E-state index is -0.849. The minimum Gasteiger partial charge on any atom is -0.481 e. The average Bonchev–Trinajstić information content (AvgIpc) is 3.15. The van der Waals surface area contributed by atoms with Gasteiger partial charge in [-0.15, -0.1) is 0 Å². The summed E-state index contributed by atoms with van der Waals surface area (Å²) in [6.45, 7) is 2.96. The third-order valence-electron chi connectivity index (χ3n) is 9.35. The van der Waals surface area contributed by atoms with Gasteiger partial charge < -0.3 is 30.1 Å². The number of nitrogens with one attached hydrogen (secondary N) is 1. The van der Waals surface area contributed by atoms with E-state index in [2.05, 4.69) is 22.3 Å². The molecule has 1 saturated heterocycles. The van der Waals surface area contributed by atoms with Crippen molar-refractivity contribution in [2.24, 2.45) is 0 Å². The lowest BCUT2D eigenvalue weighted by molar-refractivity contribution is -0.253. The number of hydrogen-bond acceptors (Lipinski definition) is 7. The van der Waals surface area contributed by atoms with Crippen LogP contribution in [0.5, 0.6) is 0 Å². The monoisotopic (exact) mass is 680 g/mol. The molecule has 1 fully saturated rings. The number of aliphatic carboxylic acids is 1. The Hall–Kier alpha value is -4.38. The number of rotatable bonds is 16. The zero-order chi connectivity index (χ0) is 35.5. The summed E-state index contributed by atoms with van der Waals surface area (Å²) in [6.07, 6.45) is 0.294. The Bertz CT molecular complexity index is 1680. The number of unbranched alkanes of at least 4 members (excludes halogenated alkanes) is 1. The molecule has 0 spiro atoms. The van der Waals surface area contributed by atoms with Crippen molar-refractivity contribution < 1.29 is 34.4 Å². The molecule has 4 aromatic carbocycles. The number of nitrogens with zero attached hydrogens (tertiary/aromatic N) is 1. The second-order valence-electron chi connectivity index (χ2n) is 13.1. The summed E-state index contributed by atoms with van der Waals surface area (Å²) in [6, 6.07) is 33.5. The summed E-state index contributed by atoms with van der Waals surface area (Å²) in [5, 5.41) is 32.4. The molecule has 0 bridgehead atoms. The first-order valence-electron chi connectivity index (χ1n) is 17.3. The number of carboxylic acids is 1. The van der Waals surface area contributed by atoms with Crippen molar-refractivity contribution in [1.29, 1.82) is 0 Å². The molecule has 9 nitrogen and oxygen atoms in total.